The number of rotatable bonds is 7. The van der Waals surface area contributed by atoms with Gasteiger partial charge in [0.05, 0.1) is 17.7 Å². The summed E-state index contributed by atoms with van der Waals surface area (Å²) < 4.78 is 32.4. The van der Waals surface area contributed by atoms with Crippen molar-refractivity contribution in [1.29, 1.82) is 0 Å². The number of hydrogen-bond donors (Lipinski definition) is 1. The first-order valence-electron chi connectivity index (χ1n) is 10.5. The van der Waals surface area contributed by atoms with Crippen LogP contribution in [0.5, 0.6) is 5.75 Å². The third kappa shape index (κ3) is 5.07. The summed E-state index contributed by atoms with van der Waals surface area (Å²) in [7, 11) is 0.188. The van der Waals surface area contributed by atoms with E-state index in [-0.39, 0.29) is 0 Å². The molecule has 168 valence electrons. The molecule has 1 fully saturated rings. The number of aromatic nitrogens is 2. The van der Waals surface area contributed by atoms with Crippen LogP contribution < -0.4 is 10.1 Å². The highest BCUT2D eigenvalue weighted by molar-refractivity contribution is 7.89. The summed E-state index contributed by atoms with van der Waals surface area (Å²) in [5.74, 6) is 1.44. The standard InChI is InChI=1S/C23H27N5O3S/c1-27-13-15-28(16-14-27)32(29,30)21-9-3-18(4-10-21)17-24-23-12-11-22(25-26-23)19-5-7-20(31-2)8-6-19/h3-12H,13-17H2,1-2H3,(H,24,26). The molecule has 0 saturated carbocycles. The normalized spacial score (nSPS) is 15.4. The fourth-order valence-corrected chi connectivity index (χ4v) is 4.91. The highest BCUT2D eigenvalue weighted by atomic mass is 32.2. The number of nitrogens with one attached hydrogen (secondary N) is 1. The molecule has 1 aromatic heterocycles. The van der Waals surface area contributed by atoms with Gasteiger partial charge in [0, 0.05) is 38.3 Å². The van der Waals surface area contributed by atoms with Gasteiger partial charge in [-0.25, -0.2) is 8.42 Å². The number of piperazine rings is 1. The molecule has 4 rings (SSSR count). The summed E-state index contributed by atoms with van der Waals surface area (Å²) in [5.41, 5.74) is 2.70. The van der Waals surface area contributed by atoms with Crippen molar-refractivity contribution in [2.24, 2.45) is 0 Å². The molecule has 0 radical (unpaired) electrons. The maximum atomic E-state index is 12.8. The molecule has 0 atom stereocenters. The Morgan fingerprint density at radius 1 is 0.906 bits per heavy atom. The van der Waals surface area contributed by atoms with Gasteiger partial charge in [-0.2, -0.15) is 4.31 Å². The summed E-state index contributed by atoms with van der Waals surface area (Å²) in [6, 6.07) is 18.4. The maximum Gasteiger partial charge on any atom is 0.243 e. The fraction of sp³-hybridized carbons (Fsp3) is 0.304. The third-order valence-electron chi connectivity index (χ3n) is 5.55. The van der Waals surface area contributed by atoms with Crippen LogP contribution in [-0.4, -0.2) is 68.2 Å². The lowest BCUT2D eigenvalue weighted by atomic mass is 10.1. The van der Waals surface area contributed by atoms with Gasteiger partial charge in [-0.05, 0) is 61.1 Å². The SMILES string of the molecule is COc1ccc(-c2ccc(NCc3ccc(S(=O)(=O)N4CCN(C)CC4)cc3)nn2)cc1. The zero-order chi connectivity index (χ0) is 22.6. The van der Waals surface area contributed by atoms with Crippen molar-refractivity contribution in [1.82, 2.24) is 19.4 Å². The first-order valence-corrected chi connectivity index (χ1v) is 11.9. The van der Waals surface area contributed by atoms with E-state index >= 15 is 0 Å². The first-order chi connectivity index (χ1) is 15.5. The Morgan fingerprint density at radius 3 is 2.19 bits per heavy atom. The number of anilines is 1. The predicted octanol–water partition coefficient (Wildman–Crippen LogP) is 2.70. The van der Waals surface area contributed by atoms with Crippen LogP contribution in [0.3, 0.4) is 0 Å². The number of sulfonamides is 1. The van der Waals surface area contributed by atoms with Gasteiger partial charge in [-0.15, -0.1) is 10.2 Å². The molecule has 8 nitrogen and oxygen atoms in total. The average Bonchev–Trinajstić information content (AvgIpc) is 2.84. The van der Waals surface area contributed by atoms with Gasteiger partial charge in [0.25, 0.3) is 0 Å². The van der Waals surface area contributed by atoms with Crippen molar-refractivity contribution in [3.63, 3.8) is 0 Å². The second-order valence-electron chi connectivity index (χ2n) is 7.74. The van der Waals surface area contributed by atoms with Gasteiger partial charge in [0.2, 0.25) is 10.0 Å². The third-order valence-corrected chi connectivity index (χ3v) is 7.46. The Hall–Kier alpha value is -3.01. The number of likely N-dealkylation sites (N-methyl/N-ethyl adjacent to an activating group) is 1. The lowest BCUT2D eigenvalue weighted by molar-refractivity contribution is 0.222. The van der Waals surface area contributed by atoms with E-state index in [0.29, 0.717) is 30.3 Å². The van der Waals surface area contributed by atoms with Crippen LogP contribution in [0, 0.1) is 0 Å². The summed E-state index contributed by atoms with van der Waals surface area (Å²) in [5, 5.41) is 11.7. The fourth-order valence-electron chi connectivity index (χ4n) is 3.49. The van der Waals surface area contributed by atoms with E-state index in [1.54, 1.807) is 23.5 Å². The largest absolute Gasteiger partial charge is 0.497 e. The lowest BCUT2D eigenvalue weighted by Crippen LogP contribution is -2.46. The summed E-state index contributed by atoms with van der Waals surface area (Å²) >= 11 is 0. The topological polar surface area (TPSA) is 87.7 Å². The molecule has 1 N–H and O–H groups in total. The van der Waals surface area contributed by atoms with Crippen LogP contribution in [-0.2, 0) is 16.6 Å². The van der Waals surface area contributed by atoms with Gasteiger partial charge in [-0.1, -0.05) is 12.1 Å². The molecule has 32 heavy (non-hydrogen) atoms. The van der Waals surface area contributed by atoms with Crippen LogP contribution in [0.4, 0.5) is 5.82 Å². The molecule has 0 spiro atoms. The van der Waals surface area contributed by atoms with Crippen molar-refractivity contribution in [2.75, 3.05) is 45.7 Å². The zero-order valence-electron chi connectivity index (χ0n) is 18.2. The lowest BCUT2D eigenvalue weighted by Gasteiger charge is -2.31. The smallest absolute Gasteiger partial charge is 0.243 e. The van der Waals surface area contributed by atoms with E-state index < -0.39 is 10.0 Å². The Labute approximate surface area is 188 Å². The molecule has 2 heterocycles. The van der Waals surface area contributed by atoms with E-state index in [9.17, 15) is 8.42 Å². The van der Waals surface area contributed by atoms with Crippen molar-refractivity contribution in [3.05, 3.63) is 66.2 Å². The Morgan fingerprint density at radius 2 is 1.59 bits per heavy atom. The van der Waals surface area contributed by atoms with Crippen LogP contribution >= 0.6 is 0 Å². The summed E-state index contributed by atoms with van der Waals surface area (Å²) in [6.07, 6.45) is 0. The quantitative estimate of drug-likeness (QED) is 0.588. The number of hydrogen-bond acceptors (Lipinski definition) is 7. The Kier molecular flexibility index (Phi) is 6.69. The van der Waals surface area contributed by atoms with E-state index in [2.05, 4.69) is 20.4 Å². The van der Waals surface area contributed by atoms with Gasteiger partial charge >= 0.3 is 0 Å². The highest BCUT2D eigenvalue weighted by Crippen LogP contribution is 2.21. The molecule has 1 aliphatic heterocycles. The van der Waals surface area contributed by atoms with Gasteiger partial charge in [-0.3, -0.25) is 0 Å². The molecule has 1 aliphatic rings. The molecule has 0 amide bonds. The van der Waals surface area contributed by atoms with Crippen LogP contribution in [0.2, 0.25) is 0 Å². The number of ether oxygens (including phenoxy) is 1. The average molecular weight is 454 g/mol. The molecular weight excluding hydrogens is 426 g/mol. The Bertz CT molecular complexity index is 1130. The summed E-state index contributed by atoms with van der Waals surface area (Å²) in [4.78, 5) is 2.46. The highest BCUT2D eigenvalue weighted by Gasteiger charge is 2.27. The van der Waals surface area contributed by atoms with E-state index in [4.69, 9.17) is 4.74 Å². The maximum absolute atomic E-state index is 12.8. The molecule has 2 aromatic carbocycles. The van der Waals surface area contributed by atoms with Gasteiger partial charge in [0.1, 0.15) is 11.6 Å². The molecular formula is C23H27N5O3S. The monoisotopic (exact) mass is 453 g/mol. The van der Waals surface area contributed by atoms with E-state index in [1.165, 1.54) is 0 Å². The molecule has 0 unspecified atom stereocenters. The number of methoxy groups -OCH3 is 1. The van der Waals surface area contributed by atoms with Crippen molar-refractivity contribution in [3.8, 4) is 17.0 Å². The van der Waals surface area contributed by atoms with Crippen molar-refractivity contribution >= 4 is 15.8 Å². The molecule has 0 aliphatic carbocycles. The zero-order valence-corrected chi connectivity index (χ0v) is 19.0. The van der Waals surface area contributed by atoms with Crippen LogP contribution in [0.1, 0.15) is 5.56 Å². The summed E-state index contributed by atoms with van der Waals surface area (Å²) in [6.45, 7) is 3.06. The minimum atomic E-state index is -3.45. The van der Waals surface area contributed by atoms with Crippen LogP contribution in [0.15, 0.2) is 65.6 Å². The Balaban J connectivity index is 1.36. The second-order valence-corrected chi connectivity index (χ2v) is 9.68. The van der Waals surface area contributed by atoms with Gasteiger partial charge < -0.3 is 15.0 Å². The molecule has 0 bridgehead atoms. The number of benzene rings is 2. The van der Waals surface area contributed by atoms with Crippen LogP contribution in [0.25, 0.3) is 11.3 Å². The minimum Gasteiger partial charge on any atom is -0.497 e. The molecule has 9 heteroatoms. The van der Waals surface area contributed by atoms with Crippen molar-refractivity contribution < 1.29 is 13.2 Å². The minimum absolute atomic E-state index is 0.328. The number of nitrogens with zero attached hydrogens (tertiary/aromatic N) is 4. The molecule has 1 saturated heterocycles. The van der Waals surface area contributed by atoms with Gasteiger partial charge in [0.15, 0.2) is 0 Å². The second kappa shape index (κ2) is 9.64. The molecule has 3 aromatic rings. The predicted molar refractivity (Wildman–Crippen MR) is 124 cm³/mol. The first kappa shape index (κ1) is 22.2. The van der Waals surface area contributed by atoms with Crippen molar-refractivity contribution in [2.45, 2.75) is 11.4 Å². The van der Waals surface area contributed by atoms with E-state index in [0.717, 1.165) is 35.7 Å². The van der Waals surface area contributed by atoms with E-state index in [1.807, 2.05) is 55.6 Å².